The maximum absolute atomic E-state index is 9.00. The van der Waals surface area contributed by atoms with Crippen molar-refractivity contribution in [3.05, 3.63) is 52.5 Å². The Morgan fingerprint density at radius 1 is 1.29 bits per heavy atom. The molecule has 2 rings (SSSR count). The lowest BCUT2D eigenvalue weighted by molar-refractivity contribution is 0.948. The first-order valence-electron chi connectivity index (χ1n) is 4.99. The zero-order valence-corrected chi connectivity index (χ0v) is 10.5. The first-order chi connectivity index (χ1) is 8.29. The first kappa shape index (κ1) is 11.6. The number of rotatable bonds is 3. The SMILES string of the molecule is N#Cc1cc(Br)ccc1NCc1ncccn1. The van der Waals surface area contributed by atoms with Gasteiger partial charge in [-0.05, 0) is 24.3 Å². The van der Waals surface area contributed by atoms with E-state index < -0.39 is 0 Å². The molecule has 1 aromatic carbocycles. The third-order valence-corrected chi connectivity index (χ3v) is 2.65. The fourth-order valence-corrected chi connectivity index (χ4v) is 1.72. The highest BCUT2D eigenvalue weighted by Gasteiger charge is 2.02. The van der Waals surface area contributed by atoms with E-state index in [-0.39, 0.29) is 0 Å². The van der Waals surface area contributed by atoms with E-state index in [1.807, 2.05) is 12.1 Å². The van der Waals surface area contributed by atoms with Crippen LogP contribution in [0.5, 0.6) is 0 Å². The van der Waals surface area contributed by atoms with Gasteiger partial charge in [0.25, 0.3) is 0 Å². The van der Waals surface area contributed by atoms with Gasteiger partial charge >= 0.3 is 0 Å². The molecule has 0 saturated heterocycles. The Balaban J connectivity index is 2.12. The van der Waals surface area contributed by atoms with Gasteiger partial charge in [0, 0.05) is 16.9 Å². The Morgan fingerprint density at radius 3 is 2.76 bits per heavy atom. The quantitative estimate of drug-likeness (QED) is 0.943. The number of anilines is 1. The normalized spacial score (nSPS) is 9.65. The third-order valence-electron chi connectivity index (χ3n) is 2.16. The number of nitrogens with zero attached hydrogens (tertiary/aromatic N) is 3. The van der Waals surface area contributed by atoms with Crippen molar-refractivity contribution in [3.8, 4) is 6.07 Å². The molecular weight excluding hydrogens is 280 g/mol. The highest BCUT2D eigenvalue weighted by Crippen LogP contribution is 2.20. The average molecular weight is 289 g/mol. The van der Waals surface area contributed by atoms with Crippen LogP contribution in [0.2, 0.25) is 0 Å². The summed E-state index contributed by atoms with van der Waals surface area (Å²) in [6.45, 7) is 0.497. The Hall–Kier alpha value is -1.93. The van der Waals surface area contributed by atoms with Crippen LogP contribution in [0.3, 0.4) is 0 Å². The Morgan fingerprint density at radius 2 is 2.06 bits per heavy atom. The molecule has 84 valence electrons. The molecule has 1 aromatic heterocycles. The molecule has 5 heteroatoms. The maximum Gasteiger partial charge on any atom is 0.147 e. The molecular formula is C12H9BrN4. The number of hydrogen-bond donors (Lipinski definition) is 1. The molecule has 1 N–H and O–H groups in total. The number of nitrogens with one attached hydrogen (secondary N) is 1. The van der Waals surface area contributed by atoms with E-state index in [0.29, 0.717) is 17.9 Å². The number of aromatic nitrogens is 2. The Kier molecular flexibility index (Phi) is 3.68. The molecule has 0 aliphatic carbocycles. The van der Waals surface area contributed by atoms with Gasteiger partial charge in [0.2, 0.25) is 0 Å². The lowest BCUT2D eigenvalue weighted by Crippen LogP contribution is -2.04. The third kappa shape index (κ3) is 3.02. The second-order valence-electron chi connectivity index (χ2n) is 3.32. The largest absolute Gasteiger partial charge is 0.377 e. The van der Waals surface area contributed by atoms with Gasteiger partial charge in [-0.15, -0.1) is 0 Å². The van der Waals surface area contributed by atoms with Crippen molar-refractivity contribution in [2.75, 3.05) is 5.32 Å². The van der Waals surface area contributed by atoms with Gasteiger partial charge in [0.15, 0.2) is 0 Å². The van der Waals surface area contributed by atoms with Crippen molar-refractivity contribution in [1.29, 1.82) is 5.26 Å². The van der Waals surface area contributed by atoms with Crippen molar-refractivity contribution in [2.45, 2.75) is 6.54 Å². The lowest BCUT2D eigenvalue weighted by Gasteiger charge is -2.07. The van der Waals surface area contributed by atoms with Crippen LogP contribution in [-0.2, 0) is 6.54 Å². The zero-order valence-electron chi connectivity index (χ0n) is 8.89. The molecule has 1 heterocycles. The predicted octanol–water partition coefficient (Wildman–Crippen LogP) is 2.72. The number of nitriles is 1. The summed E-state index contributed by atoms with van der Waals surface area (Å²) >= 11 is 3.33. The van der Waals surface area contributed by atoms with Gasteiger partial charge in [-0.2, -0.15) is 5.26 Å². The van der Waals surface area contributed by atoms with E-state index >= 15 is 0 Å². The van der Waals surface area contributed by atoms with Crippen LogP contribution in [0.1, 0.15) is 11.4 Å². The molecule has 0 aliphatic rings. The van der Waals surface area contributed by atoms with Gasteiger partial charge in [0.1, 0.15) is 11.9 Å². The summed E-state index contributed by atoms with van der Waals surface area (Å²) in [5.74, 6) is 0.694. The molecule has 17 heavy (non-hydrogen) atoms. The van der Waals surface area contributed by atoms with Crippen LogP contribution < -0.4 is 5.32 Å². The van der Waals surface area contributed by atoms with Crippen molar-refractivity contribution >= 4 is 21.6 Å². The van der Waals surface area contributed by atoms with Gasteiger partial charge < -0.3 is 5.32 Å². The minimum atomic E-state index is 0.497. The smallest absolute Gasteiger partial charge is 0.147 e. The van der Waals surface area contributed by atoms with Gasteiger partial charge in [-0.1, -0.05) is 15.9 Å². The summed E-state index contributed by atoms with van der Waals surface area (Å²) in [6, 6.07) is 9.42. The van der Waals surface area contributed by atoms with Crippen molar-refractivity contribution in [1.82, 2.24) is 9.97 Å². The number of benzene rings is 1. The highest BCUT2D eigenvalue weighted by atomic mass is 79.9. The molecule has 4 nitrogen and oxygen atoms in total. The number of halogens is 1. The lowest BCUT2D eigenvalue weighted by atomic mass is 10.2. The van der Waals surface area contributed by atoms with Gasteiger partial charge in [-0.25, -0.2) is 9.97 Å². The highest BCUT2D eigenvalue weighted by molar-refractivity contribution is 9.10. The van der Waals surface area contributed by atoms with Crippen LogP contribution in [0.25, 0.3) is 0 Å². The van der Waals surface area contributed by atoms with E-state index in [0.717, 1.165) is 10.2 Å². The number of hydrogen-bond acceptors (Lipinski definition) is 4. The minimum absolute atomic E-state index is 0.497. The monoisotopic (exact) mass is 288 g/mol. The van der Waals surface area contributed by atoms with E-state index in [2.05, 4.69) is 37.3 Å². The summed E-state index contributed by atoms with van der Waals surface area (Å²) in [5.41, 5.74) is 1.37. The molecule has 0 spiro atoms. The molecule has 0 saturated carbocycles. The first-order valence-corrected chi connectivity index (χ1v) is 5.78. The molecule has 0 aliphatic heterocycles. The van der Waals surface area contributed by atoms with Crippen molar-refractivity contribution in [3.63, 3.8) is 0 Å². The second kappa shape index (κ2) is 5.41. The molecule has 0 fully saturated rings. The topological polar surface area (TPSA) is 61.6 Å². The maximum atomic E-state index is 9.00. The van der Waals surface area contributed by atoms with E-state index in [4.69, 9.17) is 5.26 Å². The Labute approximate surface area is 107 Å². The van der Waals surface area contributed by atoms with E-state index in [1.165, 1.54) is 0 Å². The molecule has 0 bridgehead atoms. The molecule has 0 unspecified atom stereocenters. The van der Waals surface area contributed by atoms with Crippen molar-refractivity contribution in [2.24, 2.45) is 0 Å². The average Bonchev–Trinajstić information content (AvgIpc) is 2.38. The van der Waals surface area contributed by atoms with Gasteiger partial charge in [-0.3, -0.25) is 0 Å². The van der Waals surface area contributed by atoms with E-state index in [1.54, 1.807) is 24.5 Å². The zero-order chi connectivity index (χ0) is 12.1. The molecule has 2 aromatic rings. The molecule has 0 radical (unpaired) electrons. The van der Waals surface area contributed by atoms with Crippen molar-refractivity contribution < 1.29 is 0 Å². The summed E-state index contributed by atoms with van der Waals surface area (Å²) in [7, 11) is 0. The van der Waals surface area contributed by atoms with Crippen LogP contribution in [-0.4, -0.2) is 9.97 Å². The summed E-state index contributed by atoms with van der Waals surface area (Å²) in [5, 5.41) is 12.1. The van der Waals surface area contributed by atoms with Crippen LogP contribution >= 0.6 is 15.9 Å². The fourth-order valence-electron chi connectivity index (χ4n) is 1.36. The fraction of sp³-hybridized carbons (Fsp3) is 0.0833. The summed E-state index contributed by atoms with van der Waals surface area (Å²) < 4.78 is 0.885. The van der Waals surface area contributed by atoms with Crippen LogP contribution in [0, 0.1) is 11.3 Å². The second-order valence-corrected chi connectivity index (χ2v) is 4.24. The standard InChI is InChI=1S/C12H9BrN4/c13-10-2-3-11(9(6-10)7-14)17-8-12-15-4-1-5-16-12/h1-6,17H,8H2. The molecule has 0 atom stereocenters. The van der Waals surface area contributed by atoms with E-state index in [9.17, 15) is 0 Å². The predicted molar refractivity (Wildman–Crippen MR) is 68.2 cm³/mol. The van der Waals surface area contributed by atoms with Crippen LogP contribution in [0.15, 0.2) is 41.1 Å². The summed E-state index contributed by atoms with van der Waals surface area (Å²) in [4.78, 5) is 8.20. The summed E-state index contributed by atoms with van der Waals surface area (Å²) in [6.07, 6.45) is 3.38. The Bertz CT molecular complexity index is 548. The minimum Gasteiger partial charge on any atom is -0.377 e. The van der Waals surface area contributed by atoms with Gasteiger partial charge in [0.05, 0.1) is 17.8 Å². The van der Waals surface area contributed by atoms with Crippen LogP contribution in [0.4, 0.5) is 5.69 Å². The molecule has 0 amide bonds.